The van der Waals surface area contributed by atoms with E-state index in [2.05, 4.69) is 36.1 Å². The lowest BCUT2D eigenvalue weighted by Gasteiger charge is -2.39. The predicted molar refractivity (Wildman–Crippen MR) is 94.3 cm³/mol. The second-order valence-electron chi connectivity index (χ2n) is 6.04. The molecular weight excluding hydrogens is 330 g/mol. The molecule has 3 nitrogen and oxygen atoms in total. The van der Waals surface area contributed by atoms with Crippen molar-refractivity contribution in [3.8, 4) is 0 Å². The number of thiophene rings is 1. The van der Waals surface area contributed by atoms with E-state index in [1.165, 1.54) is 16.9 Å². The normalized spacial score (nSPS) is 20.3. The minimum Gasteiger partial charge on any atom is -0.480 e. The van der Waals surface area contributed by atoms with E-state index in [9.17, 15) is 9.90 Å². The van der Waals surface area contributed by atoms with Gasteiger partial charge in [-0.05, 0) is 44.0 Å². The van der Waals surface area contributed by atoms with Crippen LogP contribution in [0.4, 0.5) is 0 Å². The summed E-state index contributed by atoms with van der Waals surface area (Å²) < 4.78 is 0.737. The molecule has 0 spiro atoms. The van der Waals surface area contributed by atoms with Crippen molar-refractivity contribution >= 4 is 28.9 Å². The Morgan fingerprint density at radius 1 is 1.26 bits per heavy atom. The molecule has 1 aliphatic heterocycles. The van der Waals surface area contributed by atoms with Crippen LogP contribution < -0.4 is 0 Å². The third-order valence-corrected chi connectivity index (χ3v) is 5.70. The van der Waals surface area contributed by atoms with Crippen LogP contribution in [0.15, 0.2) is 36.4 Å². The lowest BCUT2D eigenvalue weighted by atomic mass is 9.95. The van der Waals surface area contributed by atoms with Gasteiger partial charge in [0.15, 0.2) is 0 Å². The van der Waals surface area contributed by atoms with Gasteiger partial charge in [-0.2, -0.15) is 0 Å². The van der Waals surface area contributed by atoms with Crippen molar-refractivity contribution in [2.45, 2.75) is 38.3 Å². The monoisotopic (exact) mass is 349 g/mol. The van der Waals surface area contributed by atoms with Gasteiger partial charge in [-0.15, -0.1) is 11.3 Å². The number of hydrogen-bond donors (Lipinski definition) is 1. The van der Waals surface area contributed by atoms with Gasteiger partial charge in [-0.25, -0.2) is 0 Å². The summed E-state index contributed by atoms with van der Waals surface area (Å²) in [7, 11) is 0. The molecule has 0 radical (unpaired) electrons. The summed E-state index contributed by atoms with van der Waals surface area (Å²) in [5.41, 5.74) is 2.33. The van der Waals surface area contributed by atoms with Crippen molar-refractivity contribution in [2.75, 3.05) is 6.54 Å². The van der Waals surface area contributed by atoms with Crippen molar-refractivity contribution in [1.82, 2.24) is 4.90 Å². The number of piperidine rings is 1. The summed E-state index contributed by atoms with van der Waals surface area (Å²) >= 11 is 7.67. The molecule has 1 N–H and O–H groups in total. The van der Waals surface area contributed by atoms with Crippen molar-refractivity contribution in [3.63, 3.8) is 0 Å². The molecule has 2 aromatic rings. The van der Waals surface area contributed by atoms with E-state index >= 15 is 0 Å². The van der Waals surface area contributed by atoms with Crippen LogP contribution in [-0.2, 0) is 4.79 Å². The fourth-order valence-corrected chi connectivity index (χ4v) is 4.48. The molecule has 3 rings (SSSR count). The highest BCUT2D eigenvalue weighted by molar-refractivity contribution is 7.16. The number of likely N-dealkylation sites (tertiary alicyclic amines) is 1. The molecule has 122 valence electrons. The Labute approximate surface area is 145 Å². The Kier molecular flexibility index (Phi) is 5.05. The first-order valence-electron chi connectivity index (χ1n) is 7.86. The maximum absolute atomic E-state index is 11.7. The zero-order chi connectivity index (χ0) is 16.4. The number of carbonyl (C=O) groups is 1. The van der Waals surface area contributed by atoms with Gasteiger partial charge in [0, 0.05) is 4.88 Å². The topological polar surface area (TPSA) is 40.5 Å². The lowest BCUT2D eigenvalue weighted by molar-refractivity contribution is -0.145. The molecule has 23 heavy (non-hydrogen) atoms. The molecular formula is C18H20ClNO2S. The van der Waals surface area contributed by atoms with Crippen LogP contribution in [-0.4, -0.2) is 28.6 Å². The second-order valence-corrected chi connectivity index (χ2v) is 7.79. The lowest BCUT2D eigenvalue weighted by Crippen LogP contribution is -2.46. The minimum atomic E-state index is -0.732. The largest absolute Gasteiger partial charge is 0.480 e. The highest BCUT2D eigenvalue weighted by atomic mass is 35.5. The number of carboxylic acids is 1. The van der Waals surface area contributed by atoms with Crippen LogP contribution in [0.1, 0.15) is 41.3 Å². The zero-order valence-corrected chi connectivity index (χ0v) is 14.6. The molecule has 2 atom stereocenters. The van der Waals surface area contributed by atoms with E-state index in [0.717, 1.165) is 34.2 Å². The highest BCUT2D eigenvalue weighted by Crippen LogP contribution is 2.38. The second kappa shape index (κ2) is 7.04. The Morgan fingerprint density at radius 2 is 2.00 bits per heavy atom. The quantitative estimate of drug-likeness (QED) is 0.866. The average Bonchev–Trinajstić information content (AvgIpc) is 2.96. The predicted octanol–water partition coefficient (Wildman–Crippen LogP) is 4.74. The Morgan fingerprint density at radius 3 is 2.61 bits per heavy atom. The van der Waals surface area contributed by atoms with Gasteiger partial charge < -0.3 is 5.11 Å². The maximum atomic E-state index is 11.7. The van der Waals surface area contributed by atoms with E-state index in [0.29, 0.717) is 6.42 Å². The fraction of sp³-hybridized carbons (Fsp3) is 0.389. The number of halogens is 1. The molecule has 5 heteroatoms. The number of aliphatic carboxylic acids is 1. The Hall–Kier alpha value is -1.36. The third-order valence-electron chi connectivity index (χ3n) is 4.42. The molecule has 1 saturated heterocycles. The van der Waals surface area contributed by atoms with Gasteiger partial charge in [0.05, 0.1) is 10.4 Å². The number of nitrogens with zero attached hydrogens (tertiary/aromatic N) is 1. The van der Waals surface area contributed by atoms with Gasteiger partial charge in [-0.3, -0.25) is 9.69 Å². The molecule has 0 bridgehead atoms. The molecule has 1 aliphatic rings. The third kappa shape index (κ3) is 3.60. The van der Waals surface area contributed by atoms with Crippen LogP contribution in [0, 0.1) is 6.92 Å². The van der Waals surface area contributed by atoms with E-state index in [1.54, 1.807) is 0 Å². The summed E-state index contributed by atoms with van der Waals surface area (Å²) in [6.07, 6.45) is 2.71. The van der Waals surface area contributed by atoms with Gasteiger partial charge in [0.1, 0.15) is 6.04 Å². The summed E-state index contributed by atoms with van der Waals surface area (Å²) in [4.78, 5) is 15.0. The number of carboxylic acid groups (broad SMARTS) is 1. The first-order chi connectivity index (χ1) is 11.1. The fourth-order valence-electron chi connectivity index (χ4n) is 3.27. The average molecular weight is 350 g/mol. The number of hydrogen-bond acceptors (Lipinski definition) is 3. The first kappa shape index (κ1) is 16.5. The molecule has 1 aromatic heterocycles. The minimum absolute atomic E-state index is 0.0468. The van der Waals surface area contributed by atoms with Crippen molar-refractivity contribution < 1.29 is 9.90 Å². The SMILES string of the molecule is Cc1ccc(C(c2ccc(Cl)s2)N2CCCCC2C(=O)O)cc1. The van der Waals surface area contributed by atoms with E-state index in [-0.39, 0.29) is 6.04 Å². The number of aryl methyl sites for hydroxylation is 1. The van der Waals surface area contributed by atoms with Crippen LogP contribution in [0.25, 0.3) is 0 Å². The molecule has 0 amide bonds. The molecule has 1 fully saturated rings. The Balaban J connectivity index is 2.03. The van der Waals surface area contributed by atoms with Crippen molar-refractivity contribution in [3.05, 3.63) is 56.7 Å². The molecule has 0 saturated carbocycles. The molecule has 2 unspecified atom stereocenters. The van der Waals surface area contributed by atoms with Crippen LogP contribution in [0.2, 0.25) is 4.34 Å². The highest BCUT2D eigenvalue weighted by Gasteiger charge is 2.35. The smallest absolute Gasteiger partial charge is 0.320 e. The van der Waals surface area contributed by atoms with Crippen LogP contribution >= 0.6 is 22.9 Å². The van der Waals surface area contributed by atoms with Gasteiger partial charge in [-0.1, -0.05) is 47.9 Å². The van der Waals surface area contributed by atoms with Gasteiger partial charge >= 0.3 is 5.97 Å². The summed E-state index contributed by atoms with van der Waals surface area (Å²) in [6.45, 7) is 2.85. The van der Waals surface area contributed by atoms with E-state index < -0.39 is 12.0 Å². The molecule has 0 aliphatic carbocycles. The standard InChI is InChI=1S/C18H20ClNO2S/c1-12-5-7-13(8-6-12)17(15-9-10-16(19)23-15)20-11-3-2-4-14(20)18(21)22/h5-10,14,17H,2-4,11H2,1H3,(H,21,22). The summed E-state index contributed by atoms with van der Waals surface area (Å²) in [5, 5.41) is 9.64. The van der Waals surface area contributed by atoms with Gasteiger partial charge in [0.2, 0.25) is 0 Å². The molecule has 2 heterocycles. The summed E-state index contributed by atoms with van der Waals surface area (Å²) in [6, 6.07) is 11.8. The van der Waals surface area contributed by atoms with Crippen molar-refractivity contribution in [1.29, 1.82) is 0 Å². The maximum Gasteiger partial charge on any atom is 0.320 e. The van der Waals surface area contributed by atoms with E-state index in [1.807, 2.05) is 12.1 Å². The number of benzene rings is 1. The van der Waals surface area contributed by atoms with Crippen LogP contribution in [0.3, 0.4) is 0 Å². The first-order valence-corrected chi connectivity index (χ1v) is 9.06. The molecule has 1 aromatic carbocycles. The Bertz CT molecular complexity index is 683. The summed E-state index contributed by atoms with van der Waals surface area (Å²) in [5.74, 6) is -0.732. The van der Waals surface area contributed by atoms with Crippen molar-refractivity contribution in [2.24, 2.45) is 0 Å². The van der Waals surface area contributed by atoms with E-state index in [4.69, 9.17) is 11.6 Å². The number of rotatable bonds is 4. The van der Waals surface area contributed by atoms with Gasteiger partial charge in [0.25, 0.3) is 0 Å². The zero-order valence-electron chi connectivity index (χ0n) is 13.0. The van der Waals surface area contributed by atoms with Crippen LogP contribution in [0.5, 0.6) is 0 Å².